The fraction of sp³-hybridized carbons (Fsp3) is 0.167. The third-order valence-corrected chi connectivity index (χ3v) is 5.45. The molecule has 0 spiro atoms. The summed E-state index contributed by atoms with van der Waals surface area (Å²) in [7, 11) is 0. The lowest BCUT2D eigenvalue weighted by Gasteiger charge is -2.09. The number of alkyl halides is 1. The molecule has 3 rings (SSSR count). The summed E-state index contributed by atoms with van der Waals surface area (Å²) in [6.07, 6.45) is 4.26. The van der Waals surface area contributed by atoms with Crippen molar-refractivity contribution in [2.75, 3.05) is 5.32 Å². The van der Waals surface area contributed by atoms with Gasteiger partial charge in [-0.3, -0.25) is 9.78 Å². The topological polar surface area (TPSA) is 54.9 Å². The van der Waals surface area contributed by atoms with Crippen molar-refractivity contribution in [3.8, 4) is 21.8 Å². The Hall–Kier alpha value is -2.05. The molecule has 24 heavy (non-hydrogen) atoms. The number of aromatic nitrogens is 2. The molecule has 6 heteroatoms. The summed E-state index contributed by atoms with van der Waals surface area (Å²) in [5.74, 6) is -0.0367. The van der Waals surface area contributed by atoms with E-state index in [1.165, 1.54) is 0 Å². The average molecular weight is 402 g/mol. The fourth-order valence-electron chi connectivity index (χ4n) is 2.20. The molecular weight excluding hydrogens is 386 g/mol. The van der Waals surface area contributed by atoms with E-state index < -0.39 is 0 Å². The van der Waals surface area contributed by atoms with Gasteiger partial charge in [0.25, 0.3) is 0 Å². The first kappa shape index (κ1) is 16.8. The molecule has 122 valence electrons. The number of carbonyl (C=O) groups excluding carboxylic acids is 1. The van der Waals surface area contributed by atoms with E-state index in [0.29, 0.717) is 0 Å². The van der Waals surface area contributed by atoms with Crippen LogP contribution in [0.5, 0.6) is 0 Å². The number of hydrogen-bond acceptors (Lipinski definition) is 4. The van der Waals surface area contributed by atoms with Gasteiger partial charge in [-0.25, -0.2) is 4.98 Å². The van der Waals surface area contributed by atoms with Crippen LogP contribution in [0.3, 0.4) is 0 Å². The molecule has 1 N–H and O–H groups in total. The van der Waals surface area contributed by atoms with Gasteiger partial charge in [0.2, 0.25) is 5.91 Å². The molecule has 1 amide bonds. The molecule has 3 aromatic rings. The molecule has 0 fully saturated rings. The second kappa shape index (κ2) is 7.68. The Morgan fingerprint density at radius 3 is 2.79 bits per heavy atom. The molecule has 2 heterocycles. The molecule has 0 saturated carbocycles. The number of nitrogens with one attached hydrogen (secondary N) is 1. The highest BCUT2D eigenvalue weighted by Crippen LogP contribution is 2.29. The Balaban J connectivity index is 1.82. The number of nitrogens with zero attached hydrogens (tertiary/aromatic N) is 2. The molecule has 0 saturated heterocycles. The number of carbonyl (C=O) groups is 1. The predicted octanol–water partition coefficient (Wildman–Crippen LogP) is 4.98. The van der Waals surface area contributed by atoms with Crippen LogP contribution in [0.2, 0.25) is 0 Å². The van der Waals surface area contributed by atoms with Gasteiger partial charge in [-0.05, 0) is 30.7 Å². The van der Waals surface area contributed by atoms with Gasteiger partial charge in [0, 0.05) is 34.6 Å². The fourth-order valence-corrected chi connectivity index (χ4v) is 3.15. The molecule has 1 atom stereocenters. The Labute approximate surface area is 153 Å². The summed E-state index contributed by atoms with van der Waals surface area (Å²) in [4.78, 5) is 20.5. The lowest BCUT2D eigenvalue weighted by atomic mass is 10.1. The van der Waals surface area contributed by atoms with E-state index in [9.17, 15) is 4.79 Å². The normalized spacial score (nSPS) is 11.9. The van der Waals surface area contributed by atoms with Crippen LogP contribution in [0.25, 0.3) is 21.8 Å². The van der Waals surface area contributed by atoms with Crippen molar-refractivity contribution in [2.45, 2.75) is 18.2 Å². The first-order valence-electron chi connectivity index (χ1n) is 7.58. The standard InChI is InChI=1S/C18H16BrN3OS/c1-2-15(19)17(23)21-14-5-3-4-13(10-14)16-11-24-18(22-16)12-6-8-20-9-7-12/h3-11,15H,2H2,1H3,(H,21,23). The highest BCUT2D eigenvalue weighted by molar-refractivity contribution is 9.10. The maximum Gasteiger partial charge on any atom is 0.238 e. The molecule has 0 radical (unpaired) electrons. The summed E-state index contributed by atoms with van der Waals surface area (Å²) in [6, 6.07) is 11.6. The van der Waals surface area contributed by atoms with Crippen LogP contribution in [0.15, 0.2) is 54.2 Å². The first-order valence-corrected chi connectivity index (χ1v) is 9.38. The van der Waals surface area contributed by atoms with Crippen molar-refractivity contribution in [1.82, 2.24) is 9.97 Å². The number of halogens is 1. The van der Waals surface area contributed by atoms with Crippen LogP contribution in [0.1, 0.15) is 13.3 Å². The van der Waals surface area contributed by atoms with E-state index in [1.54, 1.807) is 23.7 Å². The van der Waals surface area contributed by atoms with E-state index in [2.05, 4.69) is 26.2 Å². The predicted molar refractivity (Wildman–Crippen MR) is 102 cm³/mol. The second-order valence-corrected chi connectivity index (χ2v) is 7.18. The van der Waals surface area contributed by atoms with Gasteiger partial charge in [0.15, 0.2) is 0 Å². The number of rotatable bonds is 5. The maximum atomic E-state index is 12.0. The molecule has 1 unspecified atom stereocenters. The third kappa shape index (κ3) is 3.88. The number of hydrogen-bond donors (Lipinski definition) is 1. The number of thiazole rings is 1. The highest BCUT2D eigenvalue weighted by atomic mass is 79.9. The van der Waals surface area contributed by atoms with Gasteiger partial charge in [0.05, 0.1) is 10.5 Å². The summed E-state index contributed by atoms with van der Waals surface area (Å²) < 4.78 is 0. The quantitative estimate of drug-likeness (QED) is 0.612. The highest BCUT2D eigenvalue weighted by Gasteiger charge is 2.13. The van der Waals surface area contributed by atoms with Crippen LogP contribution in [-0.2, 0) is 4.79 Å². The van der Waals surface area contributed by atoms with Gasteiger partial charge in [-0.1, -0.05) is 35.0 Å². The number of amides is 1. The molecule has 0 bridgehead atoms. The van der Waals surface area contributed by atoms with Crippen LogP contribution in [0, 0.1) is 0 Å². The number of benzene rings is 1. The van der Waals surface area contributed by atoms with Gasteiger partial charge in [-0.15, -0.1) is 11.3 Å². The van der Waals surface area contributed by atoms with Crippen LogP contribution in [0.4, 0.5) is 5.69 Å². The molecule has 4 nitrogen and oxygen atoms in total. The van der Waals surface area contributed by atoms with E-state index in [-0.39, 0.29) is 10.7 Å². The summed E-state index contributed by atoms with van der Waals surface area (Å²) in [6.45, 7) is 1.96. The average Bonchev–Trinajstić information content (AvgIpc) is 3.12. The van der Waals surface area contributed by atoms with Gasteiger partial charge >= 0.3 is 0 Å². The third-order valence-electron chi connectivity index (χ3n) is 3.50. The Kier molecular flexibility index (Phi) is 5.37. The van der Waals surface area contributed by atoms with Crippen LogP contribution in [-0.4, -0.2) is 20.7 Å². The molecule has 2 aromatic heterocycles. The van der Waals surface area contributed by atoms with Crippen molar-refractivity contribution in [2.24, 2.45) is 0 Å². The van der Waals surface area contributed by atoms with Crippen molar-refractivity contribution >= 4 is 38.9 Å². The van der Waals surface area contributed by atoms with E-state index >= 15 is 0 Å². The molecular formula is C18H16BrN3OS. The zero-order valence-corrected chi connectivity index (χ0v) is 15.5. The Morgan fingerprint density at radius 1 is 1.25 bits per heavy atom. The first-order chi connectivity index (χ1) is 11.7. The van der Waals surface area contributed by atoms with Gasteiger partial charge in [-0.2, -0.15) is 0 Å². The van der Waals surface area contributed by atoms with Gasteiger partial charge in [0.1, 0.15) is 5.01 Å². The maximum absolute atomic E-state index is 12.0. The molecule has 1 aromatic carbocycles. The Morgan fingerprint density at radius 2 is 2.04 bits per heavy atom. The minimum atomic E-state index is -0.182. The number of pyridine rings is 1. The molecule has 0 aliphatic heterocycles. The minimum absolute atomic E-state index is 0.0367. The molecule has 0 aliphatic carbocycles. The zero-order valence-electron chi connectivity index (χ0n) is 13.1. The lowest BCUT2D eigenvalue weighted by Crippen LogP contribution is -2.21. The SMILES string of the molecule is CCC(Br)C(=O)Nc1cccc(-c2csc(-c3ccncc3)n2)c1. The van der Waals surface area contributed by atoms with E-state index in [1.807, 2.05) is 48.7 Å². The molecule has 0 aliphatic rings. The zero-order chi connectivity index (χ0) is 16.9. The minimum Gasteiger partial charge on any atom is -0.325 e. The monoisotopic (exact) mass is 401 g/mol. The van der Waals surface area contributed by atoms with Crippen molar-refractivity contribution in [3.63, 3.8) is 0 Å². The summed E-state index contributed by atoms with van der Waals surface area (Å²) in [5.41, 5.74) is 3.70. The van der Waals surface area contributed by atoms with Crippen molar-refractivity contribution in [1.29, 1.82) is 0 Å². The van der Waals surface area contributed by atoms with E-state index in [0.717, 1.165) is 33.9 Å². The van der Waals surface area contributed by atoms with Crippen LogP contribution < -0.4 is 5.32 Å². The lowest BCUT2D eigenvalue weighted by molar-refractivity contribution is -0.115. The van der Waals surface area contributed by atoms with Gasteiger partial charge < -0.3 is 5.32 Å². The smallest absolute Gasteiger partial charge is 0.238 e. The summed E-state index contributed by atoms with van der Waals surface area (Å²) >= 11 is 4.96. The summed E-state index contributed by atoms with van der Waals surface area (Å²) in [5, 5.41) is 5.90. The van der Waals surface area contributed by atoms with Crippen molar-refractivity contribution < 1.29 is 4.79 Å². The second-order valence-electron chi connectivity index (χ2n) is 5.22. The van der Waals surface area contributed by atoms with E-state index in [4.69, 9.17) is 4.98 Å². The largest absolute Gasteiger partial charge is 0.325 e. The van der Waals surface area contributed by atoms with Crippen LogP contribution >= 0.6 is 27.3 Å². The number of anilines is 1. The Bertz CT molecular complexity index is 835. The van der Waals surface area contributed by atoms with Crippen molar-refractivity contribution in [3.05, 3.63) is 54.2 Å².